The molecule has 166 valence electrons. The largest absolute Gasteiger partial charge is 0.459 e. The fraction of sp³-hybridized carbons (Fsp3) is 0.375. The summed E-state index contributed by atoms with van der Waals surface area (Å²) in [7, 11) is 0. The summed E-state index contributed by atoms with van der Waals surface area (Å²) in [5, 5.41) is 0. The average molecular weight is 428 g/mol. The minimum Gasteiger partial charge on any atom is -0.459 e. The van der Waals surface area contributed by atoms with Gasteiger partial charge in [-0.1, -0.05) is 60.7 Å². The van der Waals surface area contributed by atoms with Crippen LogP contribution in [0.15, 0.2) is 60.7 Å². The van der Waals surface area contributed by atoms with Gasteiger partial charge in [0.25, 0.3) is 0 Å². The van der Waals surface area contributed by atoms with Gasteiger partial charge in [0.05, 0.1) is 13.2 Å². The molecule has 0 aliphatic heterocycles. The molecule has 0 aliphatic carbocycles. The second-order valence-electron chi connectivity index (χ2n) is 7.05. The number of benzene rings is 2. The zero-order chi connectivity index (χ0) is 22.6. The van der Waals surface area contributed by atoms with E-state index in [9.17, 15) is 14.4 Å². The van der Waals surface area contributed by atoms with Crippen LogP contribution in [0, 0.1) is 0 Å². The predicted octanol–water partition coefficient (Wildman–Crippen LogP) is 3.24. The molecule has 0 amide bonds. The van der Waals surface area contributed by atoms with E-state index in [1.165, 1.54) is 13.8 Å². The number of hydrogen-bond donors (Lipinski definition) is 0. The molecule has 7 nitrogen and oxygen atoms in total. The molecule has 0 N–H and O–H groups in total. The topological polar surface area (TPSA) is 88.1 Å². The average Bonchev–Trinajstić information content (AvgIpc) is 2.75. The van der Waals surface area contributed by atoms with Crippen LogP contribution in [0.3, 0.4) is 0 Å². The van der Waals surface area contributed by atoms with Crippen molar-refractivity contribution in [3.8, 4) is 0 Å². The Morgan fingerprint density at radius 2 is 1.26 bits per heavy atom. The maximum absolute atomic E-state index is 12.0. The van der Waals surface area contributed by atoms with Crippen molar-refractivity contribution in [2.45, 2.75) is 58.4 Å². The zero-order valence-electron chi connectivity index (χ0n) is 17.9. The standard InChI is InChI=1S/C24H28O7/c1-17(30-18(2)26)23(31-19(3)27)24(29-16-21-12-8-5-9-13-21)22(14-25)28-15-20-10-6-4-7-11-20/h4-14,17,22-24H,15-16H2,1-3H3/t17-,22+,23-,24-/m1/s1. The van der Waals surface area contributed by atoms with E-state index < -0.39 is 36.4 Å². The highest BCUT2D eigenvalue weighted by atomic mass is 16.6. The Morgan fingerprint density at radius 1 is 0.774 bits per heavy atom. The van der Waals surface area contributed by atoms with Crippen molar-refractivity contribution in [3.63, 3.8) is 0 Å². The van der Waals surface area contributed by atoms with Crippen molar-refractivity contribution in [3.05, 3.63) is 71.8 Å². The number of esters is 2. The van der Waals surface area contributed by atoms with Crippen LogP contribution < -0.4 is 0 Å². The molecule has 0 saturated heterocycles. The third-order valence-corrected chi connectivity index (χ3v) is 4.47. The highest BCUT2D eigenvalue weighted by Gasteiger charge is 2.39. The lowest BCUT2D eigenvalue weighted by atomic mass is 10.0. The van der Waals surface area contributed by atoms with Gasteiger partial charge in [-0.05, 0) is 18.1 Å². The molecule has 0 fully saturated rings. The van der Waals surface area contributed by atoms with Gasteiger partial charge in [-0.15, -0.1) is 0 Å². The molecule has 0 aromatic heterocycles. The first-order valence-electron chi connectivity index (χ1n) is 10.0. The summed E-state index contributed by atoms with van der Waals surface area (Å²) in [6, 6.07) is 18.7. The van der Waals surface area contributed by atoms with Gasteiger partial charge in [-0.25, -0.2) is 0 Å². The maximum Gasteiger partial charge on any atom is 0.303 e. The van der Waals surface area contributed by atoms with E-state index in [0.29, 0.717) is 6.29 Å². The molecule has 7 heteroatoms. The van der Waals surface area contributed by atoms with E-state index in [1.54, 1.807) is 6.92 Å². The van der Waals surface area contributed by atoms with E-state index in [0.717, 1.165) is 11.1 Å². The van der Waals surface area contributed by atoms with Crippen molar-refractivity contribution in [2.24, 2.45) is 0 Å². The molecule has 4 atom stereocenters. The summed E-state index contributed by atoms with van der Waals surface area (Å²) in [6.45, 7) is 4.37. The molecule has 0 spiro atoms. The molecule has 31 heavy (non-hydrogen) atoms. The third kappa shape index (κ3) is 8.32. The molecule has 2 rings (SSSR count). The van der Waals surface area contributed by atoms with Crippen molar-refractivity contribution in [2.75, 3.05) is 0 Å². The smallest absolute Gasteiger partial charge is 0.303 e. The molecule has 2 aromatic carbocycles. The van der Waals surface area contributed by atoms with E-state index in [4.69, 9.17) is 18.9 Å². The fourth-order valence-electron chi connectivity index (χ4n) is 3.07. The highest BCUT2D eigenvalue weighted by molar-refractivity contribution is 5.67. The lowest BCUT2D eigenvalue weighted by molar-refractivity contribution is -0.192. The van der Waals surface area contributed by atoms with Gasteiger partial charge in [0, 0.05) is 13.8 Å². The van der Waals surface area contributed by atoms with Crippen LogP contribution in [0.25, 0.3) is 0 Å². The Kier molecular flexibility index (Phi) is 9.87. The Labute approximate surface area is 182 Å². The van der Waals surface area contributed by atoms with Gasteiger partial charge >= 0.3 is 11.9 Å². The molecule has 0 radical (unpaired) electrons. The minimum atomic E-state index is -1.06. The number of hydrogen-bond acceptors (Lipinski definition) is 7. The second-order valence-corrected chi connectivity index (χ2v) is 7.05. The van der Waals surface area contributed by atoms with Crippen LogP contribution in [0.4, 0.5) is 0 Å². The molecule has 0 saturated carbocycles. The van der Waals surface area contributed by atoms with Gasteiger partial charge < -0.3 is 23.7 Å². The zero-order valence-corrected chi connectivity index (χ0v) is 17.9. The van der Waals surface area contributed by atoms with Gasteiger partial charge in [0.15, 0.2) is 12.4 Å². The van der Waals surface area contributed by atoms with E-state index in [2.05, 4.69) is 0 Å². The molecular weight excluding hydrogens is 400 g/mol. The monoisotopic (exact) mass is 428 g/mol. The molecule has 0 heterocycles. The SMILES string of the molecule is CC(=O)O[C@@H]([C@H](OCc1ccccc1)[C@H](C=O)OCc1ccccc1)[C@@H](C)OC(C)=O. The van der Waals surface area contributed by atoms with E-state index in [1.807, 2.05) is 60.7 Å². The van der Waals surface area contributed by atoms with Gasteiger partial charge in [0.2, 0.25) is 0 Å². The Hall–Kier alpha value is -3.03. The van der Waals surface area contributed by atoms with Gasteiger partial charge in [-0.2, -0.15) is 0 Å². The summed E-state index contributed by atoms with van der Waals surface area (Å²) >= 11 is 0. The van der Waals surface area contributed by atoms with Crippen molar-refractivity contribution < 1.29 is 33.3 Å². The van der Waals surface area contributed by atoms with Crippen LogP contribution in [0.1, 0.15) is 31.9 Å². The van der Waals surface area contributed by atoms with Crippen molar-refractivity contribution in [1.82, 2.24) is 0 Å². The normalized spacial score (nSPS) is 14.7. The van der Waals surface area contributed by atoms with Crippen LogP contribution in [0.5, 0.6) is 0 Å². The van der Waals surface area contributed by atoms with E-state index >= 15 is 0 Å². The lowest BCUT2D eigenvalue weighted by Crippen LogP contribution is -2.50. The number of carbonyl (C=O) groups is 3. The minimum absolute atomic E-state index is 0.148. The first kappa shape index (κ1) is 24.2. The molecule has 0 unspecified atom stereocenters. The molecule has 0 aliphatic rings. The molecule has 0 bridgehead atoms. The van der Waals surface area contributed by atoms with Crippen LogP contribution in [0.2, 0.25) is 0 Å². The summed E-state index contributed by atoms with van der Waals surface area (Å²) in [5.41, 5.74) is 1.73. The van der Waals surface area contributed by atoms with Crippen molar-refractivity contribution >= 4 is 18.2 Å². The van der Waals surface area contributed by atoms with Gasteiger partial charge in [-0.3, -0.25) is 9.59 Å². The lowest BCUT2D eigenvalue weighted by Gasteiger charge is -2.33. The number of aldehydes is 1. The highest BCUT2D eigenvalue weighted by Crippen LogP contribution is 2.20. The first-order valence-corrected chi connectivity index (χ1v) is 10.0. The number of rotatable bonds is 12. The van der Waals surface area contributed by atoms with Crippen molar-refractivity contribution in [1.29, 1.82) is 0 Å². The maximum atomic E-state index is 12.0. The Morgan fingerprint density at radius 3 is 1.71 bits per heavy atom. The summed E-state index contributed by atoms with van der Waals surface area (Å²) < 4.78 is 22.5. The summed E-state index contributed by atoms with van der Waals surface area (Å²) in [5.74, 6) is -1.13. The third-order valence-electron chi connectivity index (χ3n) is 4.47. The summed E-state index contributed by atoms with van der Waals surface area (Å²) in [6.07, 6.45) is -3.36. The summed E-state index contributed by atoms with van der Waals surface area (Å²) in [4.78, 5) is 35.2. The van der Waals surface area contributed by atoms with E-state index in [-0.39, 0.29) is 13.2 Å². The predicted molar refractivity (Wildman–Crippen MR) is 113 cm³/mol. The Bertz CT molecular complexity index is 822. The number of carbonyl (C=O) groups excluding carboxylic acids is 3. The number of ether oxygens (including phenoxy) is 4. The van der Waals surface area contributed by atoms with Crippen LogP contribution in [-0.2, 0) is 46.5 Å². The quantitative estimate of drug-likeness (QED) is 0.379. The Balaban J connectivity index is 2.26. The van der Waals surface area contributed by atoms with Gasteiger partial charge in [0.1, 0.15) is 18.3 Å². The second kappa shape index (κ2) is 12.6. The molecular formula is C24H28O7. The molecule has 2 aromatic rings. The van der Waals surface area contributed by atoms with Crippen LogP contribution in [-0.4, -0.2) is 42.6 Å². The first-order chi connectivity index (χ1) is 14.9. The van der Waals surface area contributed by atoms with Crippen LogP contribution >= 0.6 is 0 Å². The fourth-order valence-corrected chi connectivity index (χ4v) is 3.07.